The Labute approximate surface area is 248 Å². The van der Waals surface area contributed by atoms with Crippen molar-refractivity contribution in [1.29, 1.82) is 0 Å². The summed E-state index contributed by atoms with van der Waals surface area (Å²) < 4.78 is 37.7. The molecule has 3 aliphatic rings. The van der Waals surface area contributed by atoms with Gasteiger partial charge in [-0.2, -0.15) is 0 Å². The molecule has 0 aliphatic carbocycles. The van der Waals surface area contributed by atoms with Crippen molar-refractivity contribution >= 4 is 5.97 Å². The first-order valence-corrected chi connectivity index (χ1v) is 15.0. The predicted octanol–water partition coefficient (Wildman–Crippen LogP) is 4.83. The van der Waals surface area contributed by atoms with Crippen LogP contribution in [-0.2, 0) is 46.4 Å². The summed E-state index contributed by atoms with van der Waals surface area (Å²) in [5, 5.41) is 11.5. The number of aliphatic hydroxyl groups excluding tert-OH is 1. The van der Waals surface area contributed by atoms with E-state index in [9.17, 15) is 9.90 Å². The Morgan fingerprint density at radius 2 is 1.60 bits per heavy atom. The molecule has 0 unspecified atom stereocenters. The van der Waals surface area contributed by atoms with Crippen LogP contribution in [0.4, 0.5) is 0 Å². The molecule has 8 nitrogen and oxygen atoms in total. The SMILES string of the molecule is COC(=O)/C=C/C[C@@H]1O[C@@H]2[C@@H](C)[C@H](C)[C@@]3(C[C@H](OCc4ccccc4)CO3)O[C@H]2[C@@H](OCc2ccccc2)[C@H](C)[C@H]1O. The second-order valence-electron chi connectivity index (χ2n) is 11.9. The molecule has 3 saturated heterocycles. The van der Waals surface area contributed by atoms with Gasteiger partial charge in [0.05, 0.1) is 57.5 Å². The smallest absolute Gasteiger partial charge is 0.330 e. The number of methoxy groups -OCH3 is 1. The summed E-state index contributed by atoms with van der Waals surface area (Å²) in [6, 6.07) is 20.1. The summed E-state index contributed by atoms with van der Waals surface area (Å²) in [7, 11) is 1.34. The summed E-state index contributed by atoms with van der Waals surface area (Å²) in [5.41, 5.74) is 2.16. The van der Waals surface area contributed by atoms with Crippen LogP contribution in [-0.4, -0.2) is 67.2 Å². The van der Waals surface area contributed by atoms with Gasteiger partial charge in [-0.1, -0.05) is 87.5 Å². The van der Waals surface area contributed by atoms with Crippen LogP contribution < -0.4 is 0 Å². The molecule has 42 heavy (non-hydrogen) atoms. The lowest BCUT2D eigenvalue weighted by atomic mass is 9.76. The van der Waals surface area contributed by atoms with E-state index < -0.39 is 36.2 Å². The minimum absolute atomic E-state index is 0.00402. The van der Waals surface area contributed by atoms with Gasteiger partial charge in [0.1, 0.15) is 6.10 Å². The molecular weight excluding hydrogens is 536 g/mol. The van der Waals surface area contributed by atoms with Gasteiger partial charge >= 0.3 is 5.97 Å². The standard InChI is InChI=1S/C34H44O8/c1-22-24(3)34(18-27(21-40-34)38-19-25-12-7-5-8-13-25)42-33-31(39-20-26-14-9-6-10-15-26)23(2)30(36)28(41-32(22)33)16-11-17-29(35)37-4/h5-15,17,22-24,27-28,30-33,36H,16,18-21H2,1-4H3/b17-11+/t22-,23+,24-,27-,28-,30+,31-,32+,33-,34+/m0/s1. The Morgan fingerprint density at radius 3 is 2.24 bits per heavy atom. The van der Waals surface area contributed by atoms with Crippen molar-refractivity contribution in [3.8, 4) is 0 Å². The van der Waals surface area contributed by atoms with Gasteiger partial charge in [0, 0.05) is 24.3 Å². The van der Waals surface area contributed by atoms with E-state index in [1.807, 2.05) is 55.5 Å². The van der Waals surface area contributed by atoms with Gasteiger partial charge in [0.25, 0.3) is 0 Å². The topological polar surface area (TPSA) is 92.7 Å². The molecular formula is C34H44O8. The van der Waals surface area contributed by atoms with Gasteiger partial charge in [0.15, 0.2) is 5.79 Å². The molecule has 8 heteroatoms. The molecule has 228 valence electrons. The van der Waals surface area contributed by atoms with E-state index in [2.05, 4.69) is 26.0 Å². The second kappa shape index (κ2) is 13.8. The molecule has 0 radical (unpaired) electrons. The highest BCUT2D eigenvalue weighted by atomic mass is 16.7. The van der Waals surface area contributed by atoms with Crippen LogP contribution in [0.2, 0.25) is 0 Å². The van der Waals surface area contributed by atoms with Crippen molar-refractivity contribution in [3.05, 3.63) is 83.9 Å². The summed E-state index contributed by atoms with van der Waals surface area (Å²) >= 11 is 0. The predicted molar refractivity (Wildman–Crippen MR) is 156 cm³/mol. The van der Waals surface area contributed by atoms with Crippen molar-refractivity contribution in [3.63, 3.8) is 0 Å². The summed E-state index contributed by atoms with van der Waals surface area (Å²) in [4.78, 5) is 11.7. The molecule has 3 aliphatic heterocycles. The molecule has 0 amide bonds. The van der Waals surface area contributed by atoms with E-state index >= 15 is 0 Å². The molecule has 1 spiro atoms. The van der Waals surface area contributed by atoms with Gasteiger partial charge in [-0.05, 0) is 23.5 Å². The lowest BCUT2D eigenvalue weighted by Crippen LogP contribution is -2.61. The third-order valence-corrected chi connectivity index (χ3v) is 9.22. The first-order valence-electron chi connectivity index (χ1n) is 15.0. The average molecular weight is 581 g/mol. The molecule has 0 bridgehead atoms. The van der Waals surface area contributed by atoms with Crippen molar-refractivity contribution in [1.82, 2.24) is 0 Å². The normalized spacial score (nSPS) is 36.5. The van der Waals surface area contributed by atoms with Crippen molar-refractivity contribution in [2.24, 2.45) is 17.8 Å². The van der Waals surface area contributed by atoms with Crippen LogP contribution in [0.15, 0.2) is 72.8 Å². The zero-order valence-corrected chi connectivity index (χ0v) is 25.0. The van der Waals surface area contributed by atoms with Gasteiger partial charge in [0.2, 0.25) is 0 Å². The lowest BCUT2D eigenvalue weighted by molar-refractivity contribution is -0.340. The molecule has 0 saturated carbocycles. The highest BCUT2D eigenvalue weighted by molar-refractivity contribution is 5.81. The highest BCUT2D eigenvalue weighted by Gasteiger charge is 2.60. The molecule has 5 rings (SSSR count). The number of hydrogen-bond donors (Lipinski definition) is 1. The number of rotatable bonds is 9. The summed E-state index contributed by atoms with van der Waals surface area (Å²) in [6.07, 6.45) is 1.24. The van der Waals surface area contributed by atoms with E-state index in [-0.39, 0.29) is 30.0 Å². The van der Waals surface area contributed by atoms with Gasteiger partial charge in [-0.25, -0.2) is 4.79 Å². The van der Waals surface area contributed by atoms with Gasteiger partial charge in [-0.15, -0.1) is 0 Å². The summed E-state index contributed by atoms with van der Waals surface area (Å²) in [6.45, 7) is 7.60. The Balaban J connectivity index is 1.37. The first kappa shape index (κ1) is 30.9. The third-order valence-electron chi connectivity index (χ3n) is 9.22. The molecule has 2 aromatic carbocycles. The number of esters is 1. The molecule has 3 heterocycles. The minimum Gasteiger partial charge on any atom is -0.466 e. The van der Waals surface area contributed by atoms with E-state index in [0.717, 1.165) is 11.1 Å². The zero-order valence-electron chi connectivity index (χ0n) is 25.0. The first-order chi connectivity index (χ1) is 20.3. The van der Waals surface area contributed by atoms with Crippen molar-refractivity contribution in [2.75, 3.05) is 13.7 Å². The zero-order chi connectivity index (χ0) is 29.7. The monoisotopic (exact) mass is 580 g/mol. The number of benzene rings is 2. The number of ether oxygens (including phenoxy) is 6. The molecule has 1 N–H and O–H groups in total. The maximum atomic E-state index is 11.7. The largest absolute Gasteiger partial charge is 0.466 e. The highest BCUT2D eigenvalue weighted by Crippen LogP contribution is 2.49. The Kier molecular flexibility index (Phi) is 10.1. The van der Waals surface area contributed by atoms with Crippen LogP contribution in [0, 0.1) is 17.8 Å². The number of carbonyl (C=O) groups excluding carboxylic acids is 1. The Bertz CT molecular complexity index is 1170. The number of aliphatic hydroxyl groups is 1. The van der Waals surface area contributed by atoms with Crippen molar-refractivity contribution < 1.29 is 38.3 Å². The van der Waals surface area contributed by atoms with E-state index in [1.54, 1.807) is 6.08 Å². The average Bonchev–Trinajstić information content (AvgIpc) is 3.40. The Hall–Kier alpha value is -2.59. The molecule has 0 aromatic heterocycles. The van der Waals surface area contributed by atoms with E-state index in [4.69, 9.17) is 28.4 Å². The second-order valence-corrected chi connectivity index (χ2v) is 11.9. The van der Waals surface area contributed by atoms with Crippen LogP contribution in [0.25, 0.3) is 0 Å². The van der Waals surface area contributed by atoms with Gasteiger partial charge < -0.3 is 33.5 Å². The van der Waals surface area contributed by atoms with Crippen LogP contribution in [0.1, 0.15) is 44.7 Å². The lowest BCUT2D eigenvalue weighted by Gasteiger charge is -2.51. The van der Waals surface area contributed by atoms with Crippen LogP contribution >= 0.6 is 0 Å². The number of fused-ring (bicyclic) bond motifs is 1. The number of hydrogen-bond acceptors (Lipinski definition) is 8. The van der Waals surface area contributed by atoms with E-state index in [1.165, 1.54) is 13.2 Å². The Morgan fingerprint density at radius 1 is 0.952 bits per heavy atom. The fraction of sp³-hybridized carbons (Fsp3) is 0.559. The molecule has 2 aromatic rings. The molecule has 3 fully saturated rings. The van der Waals surface area contributed by atoms with E-state index in [0.29, 0.717) is 32.7 Å². The quantitative estimate of drug-likeness (QED) is 0.333. The number of carbonyl (C=O) groups is 1. The maximum absolute atomic E-state index is 11.7. The van der Waals surface area contributed by atoms with Crippen LogP contribution in [0.5, 0.6) is 0 Å². The van der Waals surface area contributed by atoms with Crippen molar-refractivity contribution in [2.45, 2.75) is 89.2 Å². The minimum atomic E-state index is -0.852. The van der Waals surface area contributed by atoms with Gasteiger partial charge in [-0.3, -0.25) is 0 Å². The fourth-order valence-corrected chi connectivity index (χ4v) is 6.50. The third kappa shape index (κ3) is 6.80. The molecule has 10 atom stereocenters. The maximum Gasteiger partial charge on any atom is 0.330 e. The van der Waals surface area contributed by atoms with Crippen LogP contribution in [0.3, 0.4) is 0 Å². The summed E-state index contributed by atoms with van der Waals surface area (Å²) in [5.74, 6) is -1.58. The fourth-order valence-electron chi connectivity index (χ4n) is 6.50.